The van der Waals surface area contributed by atoms with E-state index in [1.165, 1.54) is 0 Å². The zero-order valence-electron chi connectivity index (χ0n) is 10.4. The van der Waals surface area contributed by atoms with Crippen molar-refractivity contribution in [3.63, 3.8) is 0 Å². The number of hydrogen-bond acceptors (Lipinski definition) is 4. The largest absolute Gasteiger partial charge is 0.406 e. The number of morpholine rings is 1. The van der Waals surface area contributed by atoms with Crippen LogP contribution in [0.25, 0.3) is 0 Å². The number of nitrogens with zero attached hydrogens (tertiary/aromatic N) is 1. The van der Waals surface area contributed by atoms with Gasteiger partial charge in [-0.25, -0.2) is 8.42 Å². The summed E-state index contributed by atoms with van der Waals surface area (Å²) in [7, 11) is -4.46. The first kappa shape index (κ1) is 15.0. The monoisotopic (exact) mass is 303 g/mol. The van der Waals surface area contributed by atoms with Gasteiger partial charge < -0.3 is 9.47 Å². The van der Waals surface area contributed by atoms with E-state index in [2.05, 4.69) is 0 Å². The van der Waals surface area contributed by atoms with Gasteiger partial charge in [-0.2, -0.15) is 17.5 Å². The molecule has 2 atom stereocenters. The number of rotatable bonds is 2. The lowest BCUT2D eigenvalue weighted by Gasteiger charge is -2.43. The van der Waals surface area contributed by atoms with Gasteiger partial charge in [0.25, 0.3) is 0 Å². The minimum Gasteiger partial charge on any atom is -0.379 e. The molecule has 2 saturated heterocycles. The minimum absolute atomic E-state index is 0.0634. The molecule has 2 aliphatic heterocycles. The summed E-state index contributed by atoms with van der Waals surface area (Å²) in [5.74, 6) is 0. The van der Waals surface area contributed by atoms with Crippen LogP contribution in [0, 0.1) is 0 Å². The Balaban J connectivity index is 2.32. The third kappa shape index (κ3) is 2.61. The fourth-order valence-electron chi connectivity index (χ4n) is 2.38. The van der Waals surface area contributed by atoms with Gasteiger partial charge in [0, 0.05) is 13.2 Å². The molecule has 1 spiro atoms. The van der Waals surface area contributed by atoms with Gasteiger partial charge >= 0.3 is 6.18 Å². The molecule has 9 heteroatoms. The van der Waals surface area contributed by atoms with E-state index in [4.69, 9.17) is 9.47 Å². The number of sulfonamides is 1. The second-order valence-electron chi connectivity index (χ2n) is 4.88. The fraction of sp³-hybridized carbons (Fsp3) is 1.00. The van der Waals surface area contributed by atoms with E-state index in [1.807, 2.05) is 0 Å². The van der Waals surface area contributed by atoms with Crippen LogP contribution in [0.2, 0.25) is 0 Å². The van der Waals surface area contributed by atoms with Crippen LogP contribution >= 0.6 is 0 Å². The zero-order valence-corrected chi connectivity index (χ0v) is 11.3. The summed E-state index contributed by atoms with van der Waals surface area (Å²) < 4.78 is 73.8. The van der Waals surface area contributed by atoms with Crippen LogP contribution in [0.15, 0.2) is 0 Å². The fourth-order valence-corrected chi connectivity index (χ4v) is 4.17. The van der Waals surface area contributed by atoms with Gasteiger partial charge in [0.05, 0.1) is 25.4 Å². The quantitative estimate of drug-likeness (QED) is 0.756. The molecule has 0 bridgehead atoms. The third-order valence-corrected chi connectivity index (χ3v) is 5.98. The lowest BCUT2D eigenvalue weighted by atomic mass is 9.99. The lowest BCUT2D eigenvalue weighted by molar-refractivity contribution is -0.129. The molecule has 0 unspecified atom stereocenters. The van der Waals surface area contributed by atoms with Gasteiger partial charge in [0.15, 0.2) is 5.25 Å². The van der Waals surface area contributed by atoms with Gasteiger partial charge in [-0.05, 0) is 13.3 Å². The van der Waals surface area contributed by atoms with E-state index in [0.29, 0.717) is 20.0 Å². The van der Waals surface area contributed by atoms with Crippen molar-refractivity contribution in [2.24, 2.45) is 0 Å². The molecule has 0 aromatic rings. The van der Waals surface area contributed by atoms with Gasteiger partial charge in [-0.3, -0.25) is 0 Å². The van der Waals surface area contributed by atoms with Crippen LogP contribution in [-0.2, 0) is 19.5 Å². The number of ether oxygens (including phenoxy) is 2. The van der Waals surface area contributed by atoms with Crippen molar-refractivity contribution in [3.05, 3.63) is 0 Å². The Morgan fingerprint density at radius 2 is 1.79 bits per heavy atom. The van der Waals surface area contributed by atoms with E-state index in [1.54, 1.807) is 0 Å². The highest BCUT2D eigenvalue weighted by Gasteiger charge is 2.55. The van der Waals surface area contributed by atoms with Crippen LogP contribution in [0.4, 0.5) is 13.2 Å². The highest BCUT2D eigenvalue weighted by Crippen LogP contribution is 2.36. The molecule has 2 fully saturated rings. The van der Waals surface area contributed by atoms with Crippen LogP contribution in [0.5, 0.6) is 0 Å². The maximum Gasteiger partial charge on any atom is 0.406 e. The van der Waals surface area contributed by atoms with E-state index in [9.17, 15) is 21.6 Å². The molecule has 112 valence electrons. The minimum atomic E-state index is -4.78. The third-order valence-electron chi connectivity index (χ3n) is 3.64. The topological polar surface area (TPSA) is 55.8 Å². The molecule has 2 heterocycles. The van der Waals surface area contributed by atoms with E-state index in [-0.39, 0.29) is 26.4 Å². The van der Waals surface area contributed by atoms with E-state index >= 15 is 0 Å². The Morgan fingerprint density at radius 3 is 2.26 bits per heavy atom. The summed E-state index contributed by atoms with van der Waals surface area (Å²) in [4.78, 5) is 0. The second kappa shape index (κ2) is 4.87. The molecule has 5 nitrogen and oxygen atoms in total. The Morgan fingerprint density at radius 1 is 1.21 bits per heavy atom. The molecule has 0 amide bonds. The molecule has 19 heavy (non-hydrogen) atoms. The first-order chi connectivity index (χ1) is 8.70. The lowest BCUT2D eigenvalue weighted by Crippen LogP contribution is -2.62. The number of hydrogen-bond donors (Lipinski definition) is 0. The smallest absolute Gasteiger partial charge is 0.379 e. The Hall–Kier alpha value is -0.380. The van der Waals surface area contributed by atoms with Crippen LogP contribution < -0.4 is 0 Å². The van der Waals surface area contributed by atoms with Crippen molar-refractivity contribution in [2.45, 2.75) is 30.3 Å². The molecule has 0 aliphatic carbocycles. The molecular weight excluding hydrogens is 287 g/mol. The maximum absolute atomic E-state index is 12.7. The van der Waals surface area contributed by atoms with Crippen LogP contribution in [0.3, 0.4) is 0 Å². The van der Waals surface area contributed by atoms with Crippen molar-refractivity contribution in [2.75, 3.05) is 33.0 Å². The van der Waals surface area contributed by atoms with E-state index < -0.39 is 27.0 Å². The average molecular weight is 303 g/mol. The highest BCUT2D eigenvalue weighted by atomic mass is 32.2. The summed E-state index contributed by atoms with van der Waals surface area (Å²) in [5.41, 5.74) is -0.976. The highest BCUT2D eigenvalue weighted by molar-refractivity contribution is 7.89. The summed E-state index contributed by atoms with van der Waals surface area (Å²) in [6, 6.07) is 0. The zero-order chi connectivity index (χ0) is 14.3. The van der Waals surface area contributed by atoms with Crippen molar-refractivity contribution >= 4 is 10.0 Å². The second-order valence-corrected chi connectivity index (χ2v) is 7.06. The van der Waals surface area contributed by atoms with Gasteiger partial charge in [-0.15, -0.1) is 0 Å². The Labute approximate surface area is 109 Å². The maximum atomic E-state index is 12.7. The molecule has 0 aromatic heterocycles. The SMILES string of the molecule is C[C@@H](C(F)(F)F)S(=O)(=O)N1CCOC[C@]12CCOC2. The van der Waals surface area contributed by atoms with Crippen molar-refractivity contribution in [1.29, 1.82) is 0 Å². The van der Waals surface area contributed by atoms with Crippen LogP contribution in [0.1, 0.15) is 13.3 Å². The molecule has 0 N–H and O–H groups in total. The summed E-state index contributed by atoms with van der Waals surface area (Å²) in [6.07, 6.45) is -4.42. The summed E-state index contributed by atoms with van der Waals surface area (Å²) in [5, 5.41) is -2.42. The summed E-state index contributed by atoms with van der Waals surface area (Å²) >= 11 is 0. The van der Waals surface area contributed by atoms with Gasteiger partial charge in [0.1, 0.15) is 0 Å². The Kier molecular flexibility index (Phi) is 3.85. The van der Waals surface area contributed by atoms with Gasteiger partial charge in [0.2, 0.25) is 10.0 Å². The van der Waals surface area contributed by atoms with Crippen molar-refractivity contribution < 1.29 is 31.1 Å². The standard InChI is InChI=1S/C10H16F3NO4S/c1-8(10(11,12)13)19(15,16)14-3-5-18-7-9(14)2-4-17-6-9/h8H,2-7H2,1H3/t8-,9+/m0/s1. The van der Waals surface area contributed by atoms with Crippen molar-refractivity contribution in [1.82, 2.24) is 4.31 Å². The number of alkyl halides is 3. The molecular formula is C10H16F3NO4S. The molecule has 0 aromatic carbocycles. The normalized spacial score (nSPS) is 31.8. The molecule has 0 radical (unpaired) electrons. The Bertz CT molecular complexity index is 431. The first-order valence-corrected chi connectivity index (χ1v) is 7.44. The predicted octanol–water partition coefficient (Wildman–Crippen LogP) is 0.758. The van der Waals surface area contributed by atoms with Crippen molar-refractivity contribution in [3.8, 4) is 0 Å². The van der Waals surface area contributed by atoms with Gasteiger partial charge in [-0.1, -0.05) is 0 Å². The molecule has 0 saturated carbocycles. The van der Waals surface area contributed by atoms with Crippen LogP contribution in [-0.4, -0.2) is 62.7 Å². The number of halogens is 3. The molecule has 2 aliphatic rings. The van der Waals surface area contributed by atoms with E-state index in [0.717, 1.165) is 4.31 Å². The summed E-state index contributed by atoms with van der Waals surface area (Å²) in [6.45, 7) is 1.20. The predicted molar refractivity (Wildman–Crippen MR) is 60.1 cm³/mol. The molecule has 2 rings (SSSR count). The average Bonchev–Trinajstić information content (AvgIpc) is 2.76. The first-order valence-electron chi connectivity index (χ1n) is 5.94.